The lowest BCUT2D eigenvalue weighted by Crippen LogP contribution is -2.09. The van der Waals surface area contributed by atoms with Crippen molar-refractivity contribution in [1.82, 2.24) is 4.98 Å². The van der Waals surface area contributed by atoms with Gasteiger partial charge in [0.25, 0.3) is 0 Å². The van der Waals surface area contributed by atoms with Gasteiger partial charge in [-0.05, 0) is 30.3 Å². The van der Waals surface area contributed by atoms with Crippen LogP contribution < -0.4 is 0 Å². The van der Waals surface area contributed by atoms with Crippen molar-refractivity contribution in [3.8, 4) is 22.4 Å². The minimum Gasteiger partial charge on any atom is -0.243 e. The van der Waals surface area contributed by atoms with Crippen LogP contribution in [0.4, 0.5) is 13.2 Å². The molecule has 0 N–H and O–H groups in total. The molecule has 1 heterocycles. The van der Waals surface area contributed by atoms with Crippen LogP contribution in [-0.4, -0.2) is 4.98 Å². The number of hydrogen-bond donors (Lipinski definition) is 0. The van der Waals surface area contributed by atoms with Gasteiger partial charge in [0.2, 0.25) is 0 Å². The van der Waals surface area contributed by atoms with E-state index < -0.39 is 11.9 Å². The third kappa shape index (κ3) is 4.04. The topological polar surface area (TPSA) is 12.9 Å². The summed E-state index contributed by atoms with van der Waals surface area (Å²) in [6.07, 6.45) is -4.67. The molecule has 0 radical (unpaired) electrons. The van der Waals surface area contributed by atoms with Crippen molar-refractivity contribution in [3.63, 3.8) is 0 Å². The molecule has 28 heavy (non-hydrogen) atoms. The summed E-state index contributed by atoms with van der Waals surface area (Å²) < 4.78 is 39.8. The highest BCUT2D eigenvalue weighted by Crippen LogP contribution is 2.45. The second kappa shape index (κ2) is 8.10. The summed E-state index contributed by atoms with van der Waals surface area (Å²) in [5, 5.41) is 0.422. The lowest BCUT2D eigenvalue weighted by atomic mass is 9.98. The maximum atomic E-state index is 13.3. The van der Waals surface area contributed by atoms with E-state index in [1.165, 1.54) is 30.3 Å². The third-order valence-electron chi connectivity index (χ3n) is 3.80. The summed E-state index contributed by atoms with van der Waals surface area (Å²) in [4.78, 5) is 3.77. The van der Waals surface area contributed by atoms with Crippen LogP contribution in [0.2, 0.25) is 30.1 Å². The summed E-state index contributed by atoms with van der Waals surface area (Å²) in [6, 6.07) is 7.90. The van der Waals surface area contributed by atoms with Gasteiger partial charge >= 0.3 is 6.18 Å². The smallest absolute Gasteiger partial charge is 0.243 e. The summed E-state index contributed by atoms with van der Waals surface area (Å²) in [6.45, 7) is 0. The number of pyridine rings is 1. The molecule has 0 fully saturated rings. The van der Waals surface area contributed by atoms with Gasteiger partial charge in [0.05, 0.1) is 35.8 Å². The van der Waals surface area contributed by atoms with Crippen molar-refractivity contribution in [2.24, 2.45) is 0 Å². The maximum absolute atomic E-state index is 13.3. The van der Waals surface area contributed by atoms with E-state index in [1.54, 1.807) is 0 Å². The molecule has 0 saturated carbocycles. The predicted octanol–water partition coefficient (Wildman–Crippen LogP) is 9.35. The van der Waals surface area contributed by atoms with Crippen LogP contribution in [0.15, 0.2) is 36.4 Å². The zero-order valence-corrected chi connectivity index (χ0v) is 17.8. The third-order valence-corrected chi connectivity index (χ3v) is 6.39. The summed E-state index contributed by atoms with van der Waals surface area (Å²) in [7, 11) is 0. The molecule has 0 bridgehead atoms. The Morgan fingerprint density at radius 2 is 1.04 bits per heavy atom. The number of rotatable bonds is 2. The standard InChI is InChI=1S/C18H6Cl6F3N/c19-10-4-1-7(13(21)15(10)23)8-3-6-12(18(25,26)27)28-17(8)9-2-5-11(20)16(24)14(9)22/h1-6H. The molecular weight excluding hydrogens is 500 g/mol. The van der Waals surface area contributed by atoms with Crippen LogP contribution in [-0.2, 0) is 6.18 Å². The van der Waals surface area contributed by atoms with Crippen molar-refractivity contribution in [3.05, 3.63) is 72.2 Å². The van der Waals surface area contributed by atoms with Crippen molar-refractivity contribution in [2.45, 2.75) is 6.18 Å². The predicted molar refractivity (Wildman–Crippen MR) is 110 cm³/mol. The average Bonchev–Trinajstić information content (AvgIpc) is 2.64. The molecule has 0 saturated heterocycles. The summed E-state index contributed by atoms with van der Waals surface area (Å²) >= 11 is 36.5. The average molecular weight is 506 g/mol. The monoisotopic (exact) mass is 503 g/mol. The van der Waals surface area contributed by atoms with E-state index >= 15 is 0 Å². The highest BCUT2D eigenvalue weighted by Gasteiger charge is 2.34. The van der Waals surface area contributed by atoms with E-state index in [4.69, 9.17) is 69.6 Å². The van der Waals surface area contributed by atoms with Gasteiger partial charge in [0.1, 0.15) is 5.69 Å². The van der Waals surface area contributed by atoms with Crippen LogP contribution in [0.25, 0.3) is 22.4 Å². The molecule has 0 spiro atoms. The normalized spacial score (nSPS) is 11.8. The highest BCUT2D eigenvalue weighted by molar-refractivity contribution is 6.50. The SMILES string of the molecule is FC(F)(F)c1ccc(-c2ccc(Cl)c(Cl)c2Cl)c(-c2ccc(Cl)c(Cl)c2Cl)n1. The molecular formula is C18H6Cl6F3N. The molecule has 0 atom stereocenters. The molecule has 146 valence electrons. The minimum absolute atomic E-state index is 0.00812. The van der Waals surface area contributed by atoms with Crippen LogP contribution in [0, 0.1) is 0 Å². The Labute approximate surface area is 187 Å². The van der Waals surface area contributed by atoms with Gasteiger partial charge in [-0.2, -0.15) is 13.2 Å². The second-order valence-corrected chi connectivity index (χ2v) is 7.86. The Bertz CT molecular complexity index is 1080. The zero-order valence-electron chi connectivity index (χ0n) is 13.3. The number of nitrogens with zero attached hydrogens (tertiary/aromatic N) is 1. The molecule has 3 aromatic rings. The van der Waals surface area contributed by atoms with E-state index in [0.717, 1.165) is 6.07 Å². The van der Waals surface area contributed by atoms with Crippen molar-refractivity contribution in [2.75, 3.05) is 0 Å². The fraction of sp³-hybridized carbons (Fsp3) is 0.0556. The molecule has 2 aromatic carbocycles. The quantitative estimate of drug-likeness (QED) is 0.316. The van der Waals surface area contributed by atoms with Crippen molar-refractivity contribution in [1.29, 1.82) is 0 Å². The van der Waals surface area contributed by atoms with Crippen LogP contribution in [0.3, 0.4) is 0 Å². The largest absolute Gasteiger partial charge is 0.433 e. The van der Waals surface area contributed by atoms with Gasteiger partial charge in [0.15, 0.2) is 0 Å². The Kier molecular flexibility index (Phi) is 6.31. The van der Waals surface area contributed by atoms with Gasteiger partial charge in [-0.25, -0.2) is 4.98 Å². The fourth-order valence-electron chi connectivity index (χ4n) is 2.48. The van der Waals surface area contributed by atoms with Crippen molar-refractivity contribution >= 4 is 69.6 Å². The minimum atomic E-state index is -4.67. The van der Waals surface area contributed by atoms with Gasteiger partial charge in [0, 0.05) is 16.7 Å². The number of benzene rings is 2. The Hall–Kier alpha value is -0.880. The van der Waals surface area contributed by atoms with Crippen LogP contribution in [0.5, 0.6) is 0 Å². The van der Waals surface area contributed by atoms with E-state index in [0.29, 0.717) is 5.56 Å². The van der Waals surface area contributed by atoms with Crippen LogP contribution in [0.1, 0.15) is 5.69 Å². The molecule has 0 amide bonds. The Balaban J connectivity index is 2.37. The lowest BCUT2D eigenvalue weighted by Gasteiger charge is -2.16. The molecule has 3 rings (SSSR count). The van der Waals surface area contributed by atoms with E-state index in [9.17, 15) is 13.2 Å². The van der Waals surface area contributed by atoms with Gasteiger partial charge in [-0.3, -0.25) is 0 Å². The molecule has 0 aliphatic heterocycles. The van der Waals surface area contributed by atoms with E-state index in [-0.39, 0.29) is 47.0 Å². The van der Waals surface area contributed by atoms with Crippen molar-refractivity contribution < 1.29 is 13.2 Å². The van der Waals surface area contributed by atoms with Gasteiger partial charge in [-0.15, -0.1) is 0 Å². The Morgan fingerprint density at radius 1 is 0.571 bits per heavy atom. The molecule has 0 unspecified atom stereocenters. The van der Waals surface area contributed by atoms with E-state index in [1.807, 2.05) is 0 Å². The first-order chi connectivity index (χ1) is 13.0. The molecule has 0 aliphatic rings. The number of hydrogen-bond acceptors (Lipinski definition) is 1. The maximum Gasteiger partial charge on any atom is 0.433 e. The summed E-state index contributed by atoms with van der Waals surface area (Å²) in [5.41, 5.74) is -0.450. The van der Waals surface area contributed by atoms with Gasteiger partial charge < -0.3 is 0 Å². The number of alkyl halides is 3. The summed E-state index contributed by atoms with van der Waals surface area (Å²) in [5.74, 6) is 0. The van der Waals surface area contributed by atoms with Gasteiger partial charge in [-0.1, -0.05) is 75.7 Å². The highest BCUT2D eigenvalue weighted by atomic mass is 35.5. The fourth-order valence-corrected chi connectivity index (χ4v) is 3.74. The number of aromatic nitrogens is 1. The van der Waals surface area contributed by atoms with Crippen LogP contribution >= 0.6 is 69.6 Å². The molecule has 10 heteroatoms. The lowest BCUT2D eigenvalue weighted by molar-refractivity contribution is -0.141. The molecule has 1 nitrogen and oxygen atoms in total. The zero-order chi connectivity index (χ0) is 20.8. The Morgan fingerprint density at radius 3 is 1.57 bits per heavy atom. The first-order valence-corrected chi connectivity index (χ1v) is 9.65. The first-order valence-electron chi connectivity index (χ1n) is 7.38. The number of halogens is 9. The molecule has 0 aliphatic carbocycles. The molecule has 1 aromatic heterocycles. The second-order valence-electron chi connectivity index (χ2n) is 5.54. The first kappa shape index (κ1) is 21.8. The van der Waals surface area contributed by atoms with E-state index in [2.05, 4.69) is 4.98 Å².